The van der Waals surface area contributed by atoms with E-state index in [0.29, 0.717) is 36.6 Å². The fourth-order valence-corrected chi connectivity index (χ4v) is 2.92. The van der Waals surface area contributed by atoms with Crippen molar-refractivity contribution < 1.29 is 9.13 Å². The highest BCUT2D eigenvalue weighted by molar-refractivity contribution is 6.31. The highest BCUT2D eigenvalue weighted by atomic mass is 35.5. The molecule has 0 unspecified atom stereocenters. The molecular weight excluding hydrogens is 321 g/mol. The summed E-state index contributed by atoms with van der Waals surface area (Å²) in [6.45, 7) is 2.91. The Hall–Kier alpha value is -1.99. The predicted octanol–water partition coefficient (Wildman–Crippen LogP) is 2.39. The summed E-state index contributed by atoms with van der Waals surface area (Å²) in [6.07, 6.45) is 1.31. The van der Waals surface area contributed by atoms with Crippen LogP contribution < -0.4 is 0 Å². The molecule has 6 nitrogen and oxygen atoms in total. The molecule has 4 rings (SSSR count). The Morgan fingerprint density at radius 2 is 2.30 bits per heavy atom. The summed E-state index contributed by atoms with van der Waals surface area (Å²) >= 11 is 5.79. The average Bonchev–Trinajstić information content (AvgIpc) is 3.18. The van der Waals surface area contributed by atoms with Crippen molar-refractivity contribution in [2.45, 2.75) is 12.8 Å². The van der Waals surface area contributed by atoms with Gasteiger partial charge in [0.05, 0.1) is 29.1 Å². The van der Waals surface area contributed by atoms with Gasteiger partial charge in [0.2, 0.25) is 0 Å². The molecule has 1 saturated heterocycles. The van der Waals surface area contributed by atoms with E-state index in [0.717, 1.165) is 31.2 Å². The number of halogens is 2. The molecule has 1 aromatic heterocycles. The zero-order valence-electron chi connectivity index (χ0n) is 12.4. The number of ether oxygens (including phenoxy) is 1. The molecule has 0 atom stereocenters. The summed E-state index contributed by atoms with van der Waals surface area (Å²) in [5, 5.41) is 0.0693. The van der Waals surface area contributed by atoms with Gasteiger partial charge in [0, 0.05) is 25.6 Å². The lowest BCUT2D eigenvalue weighted by atomic mass is 10.3. The van der Waals surface area contributed by atoms with Crippen LogP contribution in [0.25, 0.3) is 11.0 Å². The van der Waals surface area contributed by atoms with Crippen LogP contribution in [0.1, 0.15) is 12.2 Å². The molecule has 3 heterocycles. The number of benzene rings is 1. The van der Waals surface area contributed by atoms with Gasteiger partial charge in [0.15, 0.2) is 0 Å². The molecule has 1 aromatic carbocycles. The van der Waals surface area contributed by atoms with E-state index < -0.39 is 5.82 Å². The van der Waals surface area contributed by atoms with Crippen molar-refractivity contribution in [1.29, 1.82) is 0 Å². The van der Waals surface area contributed by atoms with Crippen LogP contribution in [0.5, 0.6) is 0 Å². The summed E-state index contributed by atoms with van der Waals surface area (Å²) in [6, 6.07) is 2.87. The van der Waals surface area contributed by atoms with E-state index in [1.807, 2.05) is 0 Å². The standard InChI is InChI=1S/C15H15ClFN5O/c16-9-5-11-12(6-10(9)17)20-14(19-11)7-13-18-2-1-15(21-13)22-3-4-23-8-22/h5-6H,1-4,7-8H2,(H,19,20). The van der Waals surface area contributed by atoms with E-state index in [9.17, 15) is 4.39 Å². The summed E-state index contributed by atoms with van der Waals surface area (Å²) in [4.78, 5) is 18.7. The molecule has 120 valence electrons. The van der Waals surface area contributed by atoms with Gasteiger partial charge in [-0.05, 0) is 6.07 Å². The molecule has 8 heteroatoms. The number of aromatic amines is 1. The van der Waals surface area contributed by atoms with Crippen LogP contribution in [0.2, 0.25) is 5.02 Å². The van der Waals surface area contributed by atoms with E-state index in [2.05, 4.69) is 24.9 Å². The van der Waals surface area contributed by atoms with Crippen molar-refractivity contribution in [2.75, 3.05) is 26.4 Å². The van der Waals surface area contributed by atoms with Crippen LogP contribution in [-0.2, 0) is 11.2 Å². The maximum absolute atomic E-state index is 13.5. The van der Waals surface area contributed by atoms with Gasteiger partial charge in [0.1, 0.15) is 30.0 Å². The molecule has 0 bridgehead atoms. The fraction of sp³-hybridized carbons (Fsp3) is 0.400. The Morgan fingerprint density at radius 1 is 1.39 bits per heavy atom. The molecule has 0 aliphatic carbocycles. The average molecular weight is 336 g/mol. The van der Waals surface area contributed by atoms with E-state index in [1.165, 1.54) is 12.1 Å². The number of fused-ring (bicyclic) bond motifs is 1. The first-order valence-corrected chi connectivity index (χ1v) is 7.84. The third-order valence-electron chi connectivity index (χ3n) is 3.90. The molecule has 2 aromatic rings. The van der Waals surface area contributed by atoms with E-state index in [4.69, 9.17) is 16.3 Å². The van der Waals surface area contributed by atoms with Crippen LogP contribution in [0, 0.1) is 5.82 Å². The topological polar surface area (TPSA) is 65.9 Å². The summed E-state index contributed by atoms with van der Waals surface area (Å²) < 4.78 is 18.9. The van der Waals surface area contributed by atoms with Gasteiger partial charge < -0.3 is 14.6 Å². The largest absolute Gasteiger partial charge is 0.359 e. The first-order valence-electron chi connectivity index (χ1n) is 7.46. The van der Waals surface area contributed by atoms with Crippen molar-refractivity contribution in [3.63, 3.8) is 0 Å². The number of hydrogen-bond acceptors (Lipinski definition) is 5. The minimum atomic E-state index is -0.460. The Bertz CT molecular complexity index is 771. The third-order valence-corrected chi connectivity index (χ3v) is 4.19. The maximum Gasteiger partial charge on any atom is 0.144 e. The maximum atomic E-state index is 13.5. The van der Waals surface area contributed by atoms with Gasteiger partial charge in [-0.1, -0.05) is 11.6 Å². The second-order valence-corrected chi connectivity index (χ2v) is 5.93. The van der Waals surface area contributed by atoms with Crippen molar-refractivity contribution >= 4 is 34.3 Å². The molecule has 23 heavy (non-hydrogen) atoms. The van der Waals surface area contributed by atoms with Gasteiger partial charge in [-0.25, -0.2) is 14.4 Å². The monoisotopic (exact) mass is 335 g/mol. The fourth-order valence-electron chi connectivity index (χ4n) is 2.76. The van der Waals surface area contributed by atoms with E-state index >= 15 is 0 Å². The minimum absolute atomic E-state index is 0.0693. The van der Waals surface area contributed by atoms with Crippen LogP contribution in [0.15, 0.2) is 22.1 Å². The number of rotatable bonds is 2. The zero-order valence-corrected chi connectivity index (χ0v) is 13.1. The van der Waals surface area contributed by atoms with E-state index in [-0.39, 0.29) is 5.02 Å². The lowest BCUT2D eigenvalue weighted by Crippen LogP contribution is -2.32. The van der Waals surface area contributed by atoms with Gasteiger partial charge in [-0.2, -0.15) is 0 Å². The normalized spacial score (nSPS) is 18.4. The van der Waals surface area contributed by atoms with Crippen LogP contribution in [0.4, 0.5) is 4.39 Å². The van der Waals surface area contributed by atoms with Crippen LogP contribution in [-0.4, -0.2) is 53.0 Å². The first kappa shape index (κ1) is 14.6. The van der Waals surface area contributed by atoms with Crippen LogP contribution >= 0.6 is 11.6 Å². The third kappa shape index (κ3) is 2.94. The van der Waals surface area contributed by atoms with Crippen LogP contribution in [0.3, 0.4) is 0 Å². The van der Waals surface area contributed by atoms with Gasteiger partial charge in [-0.3, -0.25) is 4.99 Å². The van der Waals surface area contributed by atoms with Gasteiger partial charge in [-0.15, -0.1) is 0 Å². The lowest BCUT2D eigenvalue weighted by Gasteiger charge is -2.20. The molecule has 1 N–H and O–H groups in total. The van der Waals surface area contributed by atoms with E-state index in [1.54, 1.807) is 0 Å². The number of aromatic nitrogens is 2. The molecule has 0 amide bonds. The Labute approximate surface area is 137 Å². The minimum Gasteiger partial charge on any atom is -0.359 e. The SMILES string of the molecule is Fc1cc2[nH]c(CC3=NCCC(N4CCOC4)=N3)nc2cc1Cl. The first-order chi connectivity index (χ1) is 11.2. The second-order valence-electron chi connectivity index (χ2n) is 5.52. The number of imidazole rings is 1. The molecular formula is C15H15ClFN5O. The number of amidine groups is 2. The van der Waals surface area contributed by atoms with Crippen molar-refractivity contribution in [3.05, 3.63) is 28.8 Å². The lowest BCUT2D eigenvalue weighted by molar-refractivity contribution is 0.168. The number of aliphatic imine (C=N–C) groups is 2. The number of hydrogen-bond donors (Lipinski definition) is 1. The molecule has 2 aliphatic heterocycles. The van der Waals surface area contributed by atoms with Crippen molar-refractivity contribution in [1.82, 2.24) is 14.9 Å². The molecule has 0 spiro atoms. The summed E-state index contributed by atoms with van der Waals surface area (Å²) in [5.74, 6) is 1.98. The Morgan fingerprint density at radius 3 is 3.13 bits per heavy atom. The highest BCUT2D eigenvalue weighted by Crippen LogP contribution is 2.21. The smallest absolute Gasteiger partial charge is 0.144 e. The Balaban J connectivity index is 1.56. The second kappa shape index (κ2) is 5.90. The summed E-state index contributed by atoms with van der Waals surface area (Å²) in [5.41, 5.74) is 1.26. The highest BCUT2D eigenvalue weighted by Gasteiger charge is 2.20. The quantitative estimate of drug-likeness (QED) is 0.916. The van der Waals surface area contributed by atoms with Gasteiger partial charge >= 0.3 is 0 Å². The molecule has 0 radical (unpaired) electrons. The summed E-state index contributed by atoms with van der Waals surface area (Å²) in [7, 11) is 0. The van der Waals surface area contributed by atoms with Crippen molar-refractivity contribution in [3.8, 4) is 0 Å². The molecule has 1 fully saturated rings. The predicted molar refractivity (Wildman–Crippen MR) is 86.6 cm³/mol. The number of nitrogens with one attached hydrogen (secondary N) is 1. The Kier molecular flexibility index (Phi) is 3.74. The van der Waals surface area contributed by atoms with Gasteiger partial charge in [0.25, 0.3) is 0 Å². The molecule has 0 saturated carbocycles. The number of H-pyrrole nitrogens is 1. The molecule has 2 aliphatic rings. The number of nitrogens with zero attached hydrogens (tertiary/aromatic N) is 4. The van der Waals surface area contributed by atoms with Crippen molar-refractivity contribution in [2.24, 2.45) is 9.98 Å². The zero-order chi connectivity index (χ0) is 15.8.